The van der Waals surface area contributed by atoms with Gasteiger partial charge in [0.05, 0.1) is 29.9 Å². The smallest absolute Gasteiger partial charge is 0.335 e. The van der Waals surface area contributed by atoms with Crippen molar-refractivity contribution in [2.75, 3.05) is 19.0 Å². The van der Waals surface area contributed by atoms with Crippen LogP contribution in [0.5, 0.6) is 11.5 Å². The highest BCUT2D eigenvalue weighted by atomic mass is 16.6. The lowest BCUT2D eigenvalue weighted by Gasteiger charge is -2.11. The first-order chi connectivity index (χ1) is 12.4. The first-order valence-electron chi connectivity index (χ1n) is 7.51. The van der Waals surface area contributed by atoms with Gasteiger partial charge in [0.15, 0.2) is 5.75 Å². The van der Waals surface area contributed by atoms with Crippen LogP contribution in [0.15, 0.2) is 36.4 Å². The number of methoxy groups -OCH3 is 1. The zero-order chi connectivity index (χ0) is 19.3. The lowest BCUT2D eigenvalue weighted by Crippen LogP contribution is -2.14. The maximum absolute atomic E-state index is 12.4. The molecule has 0 saturated carbocycles. The molecule has 0 aliphatic heterocycles. The van der Waals surface area contributed by atoms with Gasteiger partial charge in [-0.1, -0.05) is 0 Å². The van der Waals surface area contributed by atoms with E-state index >= 15 is 0 Å². The van der Waals surface area contributed by atoms with Gasteiger partial charge in [0, 0.05) is 11.6 Å². The van der Waals surface area contributed by atoms with Crippen molar-refractivity contribution in [1.82, 2.24) is 0 Å². The molecule has 0 unspecified atom stereocenters. The van der Waals surface area contributed by atoms with Gasteiger partial charge in [0.25, 0.3) is 5.91 Å². The Morgan fingerprint density at radius 3 is 2.38 bits per heavy atom. The fraction of sp³-hybridized carbons (Fsp3) is 0.176. The van der Waals surface area contributed by atoms with Crippen LogP contribution in [-0.4, -0.2) is 35.6 Å². The van der Waals surface area contributed by atoms with E-state index in [1.807, 2.05) is 0 Å². The Morgan fingerprint density at radius 2 is 1.81 bits per heavy atom. The normalized spacial score (nSPS) is 10.1. The number of carboxylic acid groups (broad SMARTS) is 1. The number of nitrogens with zero attached hydrogens (tertiary/aromatic N) is 1. The number of nitrogens with one attached hydrogen (secondary N) is 1. The number of hydrogen-bond acceptors (Lipinski definition) is 6. The van der Waals surface area contributed by atoms with Gasteiger partial charge in [-0.3, -0.25) is 14.9 Å². The molecule has 0 spiro atoms. The molecule has 0 aliphatic carbocycles. The fourth-order valence-corrected chi connectivity index (χ4v) is 2.21. The van der Waals surface area contributed by atoms with Gasteiger partial charge >= 0.3 is 11.7 Å². The zero-order valence-corrected chi connectivity index (χ0v) is 14.0. The van der Waals surface area contributed by atoms with E-state index < -0.39 is 16.8 Å². The van der Waals surface area contributed by atoms with E-state index in [-0.39, 0.29) is 40.6 Å². The Balaban J connectivity index is 2.35. The van der Waals surface area contributed by atoms with Crippen LogP contribution in [0.2, 0.25) is 0 Å². The molecule has 0 aromatic heterocycles. The standard InChI is InChI=1S/C17H16N2O7/c1-3-26-15-7-4-10(9-13(15)19(23)24)16(20)18-12-8-11(17(21)22)5-6-14(12)25-2/h4-9H,3H2,1-2H3,(H,18,20)(H,21,22). The third kappa shape index (κ3) is 4.07. The third-order valence-electron chi connectivity index (χ3n) is 3.41. The van der Waals surface area contributed by atoms with Crippen LogP contribution in [-0.2, 0) is 0 Å². The SMILES string of the molecule is CCOc1ccc(C(=O)Nc2cc(C(=O)O)ccc2OC)cc1[N+](=O)[O-]. The molecule has 2 aromatic rings. The van der Waals surface area contributed by atoms with E-state index in [9.17, 15) is 19.7 Å². The molecule has 9 heteroatoms. The van der Waals surface area contributed by atoms with E-state index in [4.69, 9.17) is 14.6 Å². The summed E-state index contributed by atoms with van der Waals surface area (Å²) in [5.41, 5.74) is -0.235. The van der Waals surface area contributed by atoms with Crippen molar-refractivity contribution in [2.24, 2.45) is 0 Å². The topological polar surface area (TPSA) is 128 Å². The first-order valence-corrected chi connectivity index (χ1v) is 7.51. The Hall–Kier alpha value is -3.62. The van der Waals surface area contributed by atoms with Gasteiger partial charge in [-0.15, -0.1) is 0 Å². The van der Waals surface area contributed by atoms with Crippen LogP contribution in [0.4, 0.5) is 11.4 Å². The number of aromatic carboxylic acids is 1. The van der Waals surface area contributed by atoms with Crippen molar-refractivity contribution in [1.29, 1.82) is 0 Å². The summed E-state index contributed by atoms with van der Waals surface area (Å²) < 4.78 is 10.3. The molecule has 0 bridgehead atoms. The minimum atomic E-state index is -1.17. The molecule has 0 aliphatic rings. The summed E-state index contributed by atoms with van der Waals surface area (Å²) in [7, 11) is 1.37. The van der Waals surface area contributed by atoms with E-state index in [0.29, 0.717) is 0 Å². The zero-order valence-electron chi connectivity index (χ0n) is 14.0. The molecule has 26 heavy (non-hydrogen) atoms. The van der Waals surface area contributed by atoms with Crippen LogP contribution in [0.25, 0.3) is 0 Å². The van der Waals surface area contributed by atoms with Crippen LogP contribution in [0, 0.1) is 10.1 Å². The molecule has 9 nitrogen and oxygen atoms in total. The van der Waals surface area contributed by atoms with Crippen molar-refractivity contribution >= 4 is 23.3 Å². The lowest BCUT2D eigenvalue weighted by atomic mass is 10.1. The molecule has 2 rings (SSSR count). The molecule has 0 radical (unpaired) electrons. The van der Waals surface area contributed by atoms with Gasteiger partial charge in [-0.2, -0.15) is 0 Å². The number of anilines is 1. The number of benzene rings is 2. The van der Waals surface area contributed by atoms with Gasteiger partial charge in [0.1, 0.15) is 5.75 Å². The molecule has 2 N–H and O–H groups in total. The lowest BCUT2D eigenvalue weighted by molar-refractivity contribution is -0.385. The van der Waals surface area contributed by atoms with Crippen LogP contribution in [0.1, 0.15) is 27.6 Å². The summed E-state index contributed by atoms with van der Waals surface area (Å²) in [6.45, 7) is 1.93. The van der Waals surface area contributed by atoms with E-state index in [2.05, 4.69) is 5.32 Å². The molecular weight excluding hydrogens is 344 g/mol. The predicted molar refractivity (Wildman–Crippen MR) is 92.2 cm³/mol. The number of carboxylic acids is 1. The third-order valence-corrected chi connectivity index (χ3v) is 3.41. The van der Waals surface area contributed by atoms with Crippen LogP contribution in [0.3, 0.4) is 0 Å². The number of rotatable bonds is 7. The predicted octanol–water partition coefficient (Wildman–Crippen LogP) is 2.95. The largest absolute Gasteiger partial charge is 0.495 e. The summed E-state index contributed by atoms with van der Waals surface area (Å²) >= 11 is 0. The second kappa shape index (κ2) is 7.97. The Bertz CT molecular complexity index is 864. The molecule has 0 fully saturated rings. The Kier molecular flexibility index (Phi) is 5.74. The summed E-state index contributed by atoms with van der Waals surface area (Å²) in [5.74, 6) is -1.51. The second-order valence-electron chi connectivity index (χ2n) is 5.05. The van der Waals surface area contributed by atoms with E-state index in [1.165, 1.54) is 37.4 Å². The number of nitro benzene ring substituents is 1. The number of hydrogen-bond donors (Lipinski definition) is 2. The first kappa shape index (κ1) is 18.7. The maximum Gasteiger partial charge on any atom is 0.335 e. The molecule has 0 saturated heterocycles. The second-order valence-corrected chi connectivity index (χ2v) is 5.05. The summed E-state index contributed by atoms with van der Waals surface area (Å²) in [6.07, 6.45) is 0. The van der Waals surface area contributed by atoms with E-state index in [1.54, 1.807) is 6.92 Å². The summed E-state index contributed by atoms with van der Waals surface area (Å²) in [6, 6.07) is 7.77. The number of amides is 1. The molecule has 0 atom stereocenters. The average Bonchev–Trinajstić information content (AvgIpc) is 2.61. The van der Waals surface area contributed by atoms with Gasteiger partial charge in [0.2, 0.25) is 0 Å². The highest BCUT2D eigenvalue weighted by Gasteiger charge is 2.20. The maximum atomic E-state index is 12.4. The quantitative estimate of drug-likeness (QED) is 0.574. The number of carbonyl (C=O) groups is 2. The van der Waals surface area contributed by atoms with Crippen LogP contribution < -0.4 is 14.8 Å². The molecule has 1 amide bonds. The minimum absolute atomic E-state index is 0.0166. The van der Waals surface area contributed by atoms with Crippen LogP contribution >= 0.6 is 0 Å². The van der Waals surface area contributed by atoms with Crippen molar-refractivity contribution in [3.05, 3.63) is 57.6 Å². The van der Waals surface area contributed by atoms with Crippen molar-refractivity contribution in [3.63, 3.8) is 0 Å². The van der Waals surface area contributed by atoms with Gasteiger partial charge < -0.3 is 19.9 Å². The molecule has 2 aromatic carbocycles. The molecule has 136 valence electrons. The molecular formula is C17H16N2O7. The minimum Gasteiger partial charge on any atom is -0.495 e. The Morgan fingerprint density at radius 1 is 1.15 bits per heavy atom. The van der Waals surface area contributed by atoms with E-state index in [0.717, 1.165) is 6.07 Å². The highest BCUT2D eigenvalue weighted by Crippen LogP contribution is 2.30. The number of ether oxygens (including phenoxy) is 2. The Labute approximate surface area is 148 Å². The van der Waals surface area contributed by atoms with Crippen molar-refractivity contribution in [3.8, 4) is 11.5 Å². The number of carbonyl (C=O) groups excluding carboxylic acids is 1. The highest BCUT2D eigenvalue weighted by molar-refractivity contribution is 6.06. The summed E-state index contributed by atoms with van der Waals surface area (Å²) in [4.78, 5) is 34.0. The fourth-order valence-electron chi connectivity index (χ4n) is 2.21. The van der Waals surface area contributed by atoms with Crippen molar-refractivity contribution in [2.45, 2.75) is 6.92 Å². The van der Waals surface area contributed by atoms with Gasteiger partial charge in [-0.25, -0.2) is 4.79 Å². The monoisotopic (exact) mass is 360 g/mol. The van der Waals surface area contributed by atoms with Gasteiger partial charge in [-0.05, 0) is 37.3 Å². The van der Waals surface area contributed by atoms with Crippen molar-refractivity contribution < 1.29 is 29.1 Å². The average molecular weight is 360 g/mol. The number of nitro groups is 1. The summed E-state index contributed by atoms with van der Waals surface area (Å²) in [5, 5.41) is 22.7. The molecule has 0 heterocycles.